The van der Waals surface area contributed by atoms with E-state index in [-0.39, 0.29) is 0 Å². The van der Waals surface area contributed by atoms with Crippen LogP contribution in [0.25, 0.3) is 11.4 Å². The van der Waals surface area contributed by atoms with Crippen LogP contribution in [0.4, 0.5) is 5.82 Å². The fourth-order valence-electron chi connectivity index (χ4n) is 1.99. The zero-order valence-electron chi connectivity index (χ0n) is 11.9. The van der Waals surface area contributed by atoms with Crippen LogP contribution in [0, 0.1) is 0 Å². The molecule has 0 aliphatic rings. The molecule has 0 saturated carbocycles. The minimum Gasteiger partial charge on any atom is -0.380 e. The molecule has 0 bridgehead atoms. The van der Waals surface area contributed by atoms with Gasteiger partial charge in [0, 0.05) is 19.7 Å². The number of hydrogen-bond donors (Lipinski definition) is 1. The first-order chi connectivity index (χ1) is 9.69. The van der Waals surface area contributed by atoms with E-state index in [1.54, 1.807) is 7.11 Å². The minimum atomic E-state index is 0.587. The quantitative estimate of drug-likeness (QED) is 0.905. The summed E-state index contributed by atoms with van der Waals surface area (Å²) in [6, 6.07) is 8.11. The van der Waals surface area contributed by atoms with Gasteiger partial charge in [-0.05, 0) is 34.0 Å². The predicted molar refractivity (Wildman–Crippen MR) is 84.8 cm³/mol. The van der Waals surface area contributed by atoms with Crippen molar-refractivity contribution in [2.75, 3.05) is 19.5 Å². The Kier molecular flexibility index (Phi) is 5.09. The van der Waals surface area contributed by atoms with Gasteiger partial charge in [0.15, 0.2) is 5.82 Å². The molecule has 106 valence electrons. The minimum absolute atomic E-state index is 0.587. The smallest absolute Gasteiger partial charge is 0.161 e. The Bertz CT molecular complexity index is 576. The predicted octanol–water partition coefficient (Wildman–Crippen LogP) is 3.66. The van der Waals surface area contributed by atoms with Crippen molar-refractivity contribution in [3.63, 3.8) is 0 Å². The zero-order chi connectivity index (χ0) is 14.5. The summed E-state index contributed by atoms with van der Waals surface area (Å²) in [6.07, 6.45) is 0.850. The lowest BCUT2D eigenvalue weighted by molar-refractivity contribution is 0.185. The number of aryl methyl sites for hydroxylation is 1. The van der Waals surface area contributed by atoms with Crippen molar-refractivity contribution in [1.29, 1.82) is 0 Å². The molecule has 0 radical (unpaired) electrons. The lowest BCUT2D eigenvalue weighted by Crippen LogP contribution is -2.03. The second-order valence-electron chi connectivity index (χ2n) is 4.39. The first kappa shape index (κ1) is 14.9. The summed E-state index contributed by atoms with van der Waals surface area (Å²) in [4.78, 5) is 9.19. The van der Waals surface area contributed by atoms with Gasteiger partial charge in [-0.2, -0.15) is 0 Å². The average molecular weight is 336 g/mol. The monoisotopic (exact) mass is 335 g/mol. The molecule has 4 nitrogen and oxygen atoms in total. The molecule has 0 unspecified atom stereocenters. The van der Waals surface area contributed by atoms with Crippen LogP contribution >= 0.6 is 15.9 Å². The van der Waals surface area contributed by atoms with Gasteiger partial charge in [0.1, 0.15) is 5.82 Å². The Balaban J connectivity index is 2.49. The molecular weight excluding hydrogens is 318 g/mol. The van der Waals surface area contributed by atoms with E-state index < -0.39 is 0 Å². The van der Waals surface area contributed by atoms with Crippen LogP contribution in [0.1, 0.15) is 18.2 Å². The van der Waals surface area contributed by atoms with E-state index in [0.717, 1.165) is 39.4 Å². The zero-order valence-corrected chi connectivity index (χ0v) is 13.5. The maximum Gasteiger partial charge on any atom is 0.161 e. The van der Waals surface area contributed by atoms with Crippen LogP contribution in [0.2, 0.25) is 0 Å². The van der Waals surface area contributed by atoms with E-state index in [0.29, 0.717) is 6.61 Å². The molecule has 0 amide bonds. The number of ether oxygens (including phenoxy) is 1. The molecular formula is C15H18BrN3O. The number of aromatic nitrogens is 2. The van der Waals surface area contributed by atoms with Gasteiger partial charge in [0.2, 0.25) is 0 Å². The molecule has 2 aromatic rings. The van der Waals surface area contributed by atoms with Gasteiger partial charge in [0.25, 0.3) is 0 Å². The Labute approximate surface area is 127 Å². The Morgan fingerprint density at radius 3 is 2.75 bits per heavy atom. The number of hydrogen-bond acceptors (Lipinski definition) is 4. The van der Waals surface area contributed by atoms with Crippen molar-refractivity contribution in [2.45, 2.75) is 20.0 Å². The molecule has 1 heterocycles. The molecule has 20 heavy (non-hydrogen) atoms. The second-order valence-corrected chi connectivity index (χ2v) is 5.19. The number of methoxy groups -OCH3 is 1. The standard InChI is InChI=1S/C15H18BrN3O/c1-4-12-13(16)15(17-2)19-14(18-12)11-7-5-6-10(8-11)9-20-3/h5-8H,4,9H2,1-3H3,(H,17,18,19). The van der Waals surface area contributed by atoms with Gasteiger partial charge in [-0.15, -0.1) is 0 Å². The van der Waals surface area contributed by atoms with Crippen LogP contribution in [0.3, 0.4) is 0 Å². The van der Waals surface area contributed by atoms with Crippen molar-refractivity contribution in [3.8, 4) is 11.4 Å². The van der Waals surface area contributed by atoms with Crippen molar-refractivity contribution in [1.82, 2.24) is 9.97 Å². The number of rotatable bonds is 5. The van der Waals surface area contributed by atoms with E-state index in [4.69, 9.17) is 4.74 Å². The summed E-state index contributed by atoms with van der Waals surface area (Å²) in [5.41, 5.74) is 3.11. The van der Waals surface area contributed by atoms with Gasteiger partial charge in [-0.25, -0.2) is 9.97 Å². The van der Waals surface area contributed by atoms with E-state index in [2.05, 4.69) is 44.2 Å². The Hall–Kier alpha value is -1.46. The summed E-state index contributed by atoms with van der Waals surface area (Å²) in [7, 11) is 3.55. The summed E-state index contributed by atoms with van der Waals surface area (Å²) >= 11 is 3.54. The third-order valence-electron chi connectivity index (χ3n) is 2.99. The Morgan fingerprint density at radius 2 is 2.10 bits per heavy atom. The molecule has 1 aromatic carbocycles. The largest absolute Gasteiger partial charge is 0.380 e. The molecule has 0 spiro atoms. The first-order valence-electron chi connectivity index (χ1n) is 6.52. The van der Waals surface area contributed by atoms with Gasteiger partial charge < -0.3 is 10.1 Å². The average Bonchev–Trinajstić information content (AvgIpc) is 2.48. The molecule has 1 aromatic heterocycles. The van der Waals surface area contributed by atoms with Crippen molar-refractivity contribution < 1.29 is 4.74 Å². The fraction of sp³-hybridized carbons (Fsp3) is 0.333. The molecule has 2 rings (SSSR count). The third-order valence-corrected chi connectivity index (χ3v) is 3.82. The van der Waals surface area contributed by atoms with Crippen LogP contribution in [0.5, 0.6) is 0 Å². The van der Waals surface area contributed by atoms with Gasteiger partial charge >= 0.3 is 0 Å². The van der Waals surface area contributed by atoms with Crippen LogP contribution < -0.4 is 5.32 Å². The topological polar surface area (TPSA) is 47.0 Å². The van der Waals surface area contributed by atoms with Crippen LogP contribution in [-0.2, 0) is 17.8 Å². The molecule has 0 atom stereocenters. The normalized spacial score (nSPS) is 10.6. The highest BCUT2D eigenvalue weighted by Crippen LogP contribution is 2.27. The van der Waals surface area contributed by atoms with E-state index in [9.17, 15) is 0 Å². The lowest BCUT2D eigenvalue weighted by atomic mass is 10.1. The van der Waals surface area contributed by atoms with Crippen LogP contribution in [-0.4, -0.2) is 24.1 Å². The van der Waals surface area contributed by atoms with Crippen molar-refractivity contribution in [2.24, 2.45) is 0 Å². The molecule has 0 aliphatic carbocycles. The highest BCUT2D eigenvalue weighted by molar-refractivity contribution is 9.10. The number of halogens is 1. The van der Waals surface area contributed by atoms with E-state index >= 15 is 0 Å². The van der Waals surface area contributed by atoms with Gasteiger partial charge in [-0.1, -0.05) is 25.1 Å². The Morgan fingerprint density at radius 1 is 1.30 bits per heavy atom. The lowest BCUT2D eigenvalue weighted by Gasteiger charge is -2.10. The van der Waals surface area contributed by atoms with Crippen molar-refractivity contribution in [3.05, 3.63) is 40.0 Å². The second kappa shape index (κ2) is 6.81. The summed E-state index contributed by atoms with van der Waals surface area (Å²) in [5, 5.41) is 3.10. The summed E-state index contributed by atoms with van der Waals surface area (Å²) in [5.74, 6) is 1.54. The number of nitrogens with zero attached hydrogens (tertiary/aromatic N) is 2. The summed E-state index contributed by atoms with van der Waals surface area (Å²) < 4.78 is 6.10. The van der Waals surface area contributed by atoms with Crippen molar-refractivity contribution >= 4 is 21.7 Å². The molecule has 0 saturated heterocycles. The number of anilines is 1. The van der Waals surface area contributed by atoms with Gasteiger partial charge in [-0.3, -0.25) is 0 Å². The maximum atomic E-state index is 5.17. The maximum absolute atomic E-state index is 5.17. The fourth-order valence-corrected chi connectivity index (χ4v) is 2.65. The van der Waals surface area contributed by atoms with E-state index in [1.807, 2.05) is 25.2 Å². The van der Waals surface area contributed by atoms with E-state index in [1.165, 1.54) is 0 Å². The molecule has 0 fully saturated rings. The molecule has 1 N–H and O–H groups in total. The van der Waals surface area contributed by atoms with Crippen LogP contribution in [0.15, 0.2) is 28.7 Å². The third kappa shape index (κ3) is 3.16. The van der Waals surface area contributed by atoms with Gasteiger partial charge in [0.05, 0.1) is 16.8 Å². The summed E-state index contributed by atoms with van der Waals surface area (Å²) in [6.45, 7) is 2.67. The molecule has 5 heteroatoms. The molecule has 0 aliphatic heterocycles. The number of benzene rings is 1. The number of nitrogens with one attached hydrogen (secondary N) is 1. The highest BCUT2D eigenvalue weighted by atomic mass is 79.9. The first-order valence-corrected chi connectivity index (χ1v) is 7.31. The SMILES string of the molecule is CCc1nc(-c2cccc(COC)c2)nc(NC)c1Br. The highest BCUT2D eigenvalue weighted by Gasteiger charge is 2.11.